The van der Waals surface area contributed by atoms with Gasteiger partial charge in [0.1, 0.15) is 6.54 Å². The Kier molecular flexibility index (Phi) is 3.53. The van der Waals surface area contributed by atoms with E-state index < -0.39 is 0 Å². The van der Waals surface area contributed by atoms with E-state index in [1.165, 1.54) is 5.56 Å². The zero-order chi connectivity index (χ0) is 15.0. The van der Waals surface area contributed by atoms with Gasteiger partial charge in [0.15, 0.2) is 5.78 Å². The molecule has 0 aliphatic heterocycles. The fourth-order valence-electron chi connectivity index (χ4n) is 2.78. The molecule has 1 fully saturated rings. The number of carbonyl (C=O) groups excluding carboxylic acids is 2. The zero-order valence-corrected chi connectivity index (χ0v) is 12.5. The van der Waals surface area contributed by atoms with Crippen LogP contribution in [0.5, 0.6) is 0 Å². The number of nitrogens with zero attached hydrogens (tertiary/aromatic N) is 1. The summed E-state index contributed by atoms with van der Waals surface area (Å²) in [7, 11) is 0. The van der Waals surface area contributed by atoms with Crippen LogP contribution < -0.4 is 5.32 Å². The van der Waals surface area contributed by atoms with Crippen LogP contribution in [0.1, 0.15) is 42.6 Å². The van der Waals surface area contributed by atoms with Crippen molar-refractivity contribution in [3.63, 3.8) is 0 Å². The smallest absolute Gasteiger partial charge is 0.240 e. The van der Waals surface area contributed by atoms with Crippen LogP contribution >= 0.6 is 0 Å². The first kappa shape index (κ1) is 13.9. The number of Topliss-reactive ketones (excluding diaryl/α,β-unsaturated/α-hetero) is 1. The predicted octanol–water partition coefficient (Wildman–Crippen LogP) is 2.68. The normalized spacial score (nSPS) is 14.4. The van der Waals surface area contributed by atoms with Gasteiger partial charge < -0.3 is 9.88 Å². The van der Waals surface area contributed by atoms with E-state index in [9.17, 15) is 9.59 Å². The minimum atomic E-state index is 0.0235. The van der Waals surface area contributed by atoms with Gasteiger partial charge in [-0.1, -0.05) is 25.1 Å². The standard InChI is InChI=1S/C17H20N2O2/c1-3-12-5-4-6-14-15(11(2)20)9-19(17(12)14)10-16(21)18-13-7-8-13/h4-6,9,13H,3,7-8,10H2,1-2H3,(H,18,21). The Labute approximate surface area is 124 Å². The lowest BCUT2D eigenvalue weighted by atomic mass is 10.1. The number of hydrogen-bond acceptors (Lipinski definition) is 2. The van der Waals surface area contributed by atoms with Gasteiger partial charge in [-0.25, -0.2) is 0 Å². The fraction of sp³-hybridized carbons (Fsp3) is 0.412. The summed E-state index contributed by atoms with van der Waals surface area (Å²) < 4.78 is 1.92. The Bertz CT molecular complexity index is 711. The van der Waals surface area contributed by atoms with Crippen LogP contribution in [0.2, 0.25) is 0 Å². The average Bonchev–Trinajstić information content (AvgIpc) is 3.18. The van der Waals surface area contributed by atoms with Crippen molar-refractivity contribution in [1.29, 1.82) is 0 Å². The van der Waals surface area contributed by atoms with Crippen molar-refractivity contribution in [1.82, 2.24) is 9.88 Å². The minimum absolute atomic E-state index is 0.0235. The molecule has 21 heavy (non-hydrogen) atoms. The van der Waals surface area contributed by atoms with Crippen molar-refractivity contribution in [2.45, 2.75) is 45.7 Å². The molecule has 1 aromatic carbocycles. The maximum Gasteiger partial charge on any atom is 0.240 e. The van der Waals surface area contributed by atoms with Crippen LogP contribution in [0.4, 0.5) is 0 Å². The Balaban J connectivity index is 2.03. The summed E-state index contributed by atoms with van der Waals surface area (Å²) in [5, 5.41) is 3.94. The second-order valence-electron chi connectivity index (χ2n) is 5.74. The van der Waals surface area contributed by atoms with Gasteiger partial charge in [0.05, 0.1) is 5.52 Å². The molecule has 0 spiro atoms. The van der Waals surface area contributed by atoms with Crippen LogP contribution in [0.15, 0.2) is 24.4 Å². The molecule has 0 bridgehead atoms. The van der Waals surface area contributed by atoms with Crippen molar-refractivity contribution in [2.24, 2.45) is 0 Å². The number of aromatic nitrogens is 1. The number of hydrogen-bond donors (Lipinski definition) is 1. The van der Waals surface area contributed by atoms with Gasteiger partial charge in [-0.15, -0.1) is 0 Å². The van der Waals surface area contributed by atoms with Gasteiger partial charge in [-0.3, -0.25) is 9.59 Å². The number of rotatable bonds is 5. The lowest BCUT2D eigenvalue weighted by Gasteiger charge is -2.09. The van der Waals surface area contributed by atoms with Crippen LogP contribution in [0, 0.1) is 0 Å². The van der Waals surface area contributed by atoms with E-state index in [1.807, 2.05) is 22.9 Å². The van der Waals surface area contributed by atoms with Gasteiger partial charge in [0.2, 0.25) is 5.91 Å². The predicted molar refractivity (Wildman–Crippen MR) is 82.5 cm³/mol. The van der Waals surface area contributed by atoms with Crippen LogP contribution in [-0.2, 0) is 17.8 Å². The number of amides is 1. The maximum absolute atomic E-state index is 12.1. The first-order valence-electron chi connectivity index (χ1n) is 7.51. The number of nitrogens with one attached hydrogen (secondary N) is 1. The second kappa shape index (κ2) is 5.35. The number of fused-ring (bicyclic) bond motifs is 1. The summed E-state index contributed by atoms with van der Waals surface area (Å²) in [5.74, 6) is 0.0602. The summed E-state index contributed by atoms with van der Waals surface area (Å²) in [6, 6.07) is 6.35. The Morgan fingerprint density at radius 3 is 2.71 bits per heavy atom. The highest BCUT2D eigenvalue weighted by Gasteiger charge is 2.24. The molecule has 1 amide bonds. The van der Waals surface area contributed by atoms with E-state index in [0.717, 1.165) is 30.2 Å². The lowest BCUT2D eigenvalue weighted by Crippen LogP contribution is -2.29. The van der Waals surface area contributed by atoms with E-state index in [-0.39, 0.29) is 18.2 Å². The topological polar surface area (TPSA) is 51.1 Å². The zero-order valence-electron chi connectivity index (χ0n) is 12.5. The van der Waals surface area contributed by atoms with Gasteiger partial charge in [-0.05, 0) is 31.7 Å². The molecule has 2 aromatic rings. The maximum atomic E-state index is 12.1. The van der Waals surface area contributed by atoms with Gasteiger partial charge in [-0.2, -0.15) is 0 Å². The molecule has 4 nitrogen and oxygen atoms in total. The van der Waals surface area contributed by atoms with Gasteiger partial charge >= 0.3 is 0 Å². The summed E-state index contributed by atoms with van der Waals surface area (Å²) in [5.41, 5.74) is 2.87. The van der Waals surface area contributed by atoms with E-state index in [0.29, 0.717) is 11.6 Å². The molecular formula is C17H20N2O2. The number of carbonyl (C=O) groups is 2. The Morgan fingerprint density at radius 2 is 2.10 bits per heavy atom. The third kappa shape index (κ3) is 2.71. The summed E-state index contributed by atoms with van der Waals surface area (Å²) in [4.78, 5) is 23.9. The van der Waals surface area contributed by atoms with E-state index in [2.05, 4.69) is 18.3 Å². The molecule has 110 valence electrons. The molecule has 0 unspecified atom stereocenters. The molecular weight excluding hydrogens is 264 g/mol. The van der Waals surface area contributed by atoms with E-state index in [4.69, 9.17) is 0 Å². The average molecular weight is 284 g/mol. The van der Waals surface area contributed by atoms with Crippen LogP contribution in [-0.4, -0.2) is 22.3 Å². The molecule has 1 heterocycles. The number of aryl methyl sites for hydroxylation is 1. The number of benzene rings is 1. The van der Waals surface area contributed by atoms with E-state index in [1.54, 1.807) is 6.92 Å². The summed E-state index contributed by atoms with van der Waals surface area (Å²) in [6.07, 6.45) is 4.86. The lowest BCUT2D eigenvalue weighted by molar-refractivity contribution is -0.121. The van der Waals surface area contributed by atoms with Crippen LogP contribution in [0.25, 0.3) is 10.9 Å². The first-order valence-corrected chi connectivity index (χ1v) is 7.51. The van der Waals surface area contributed by atoms with Gasteiger partial charge in [0, 0.05) is 23.2 Å². The molecule has 1 aromatic heterocycles. The number of ketones is 1. The van der Waals surface area contributed by atoms with Crippen molar-refractivity contribution in [3.05, 3.63) is 35.5 Å². The van der Waals surface area contributed by atoms with Crippen LogP contribution in [0.3, 0.4) is 0 Å². The van der Waals surface area contributed by atoms with Crippen molar-refractivity contribution >= 4 is 22.6 Å². The molecule has 1 aliphatic carbocycles. The van der Waals surface area contributed by atoms with Crippen molar-refractivity contribution in [3.8, 4) is 0 Å². The number of para-hydroxylation sites is 1. The highest BCUT2D eigenvalue weighted by Crippen LogP contribution is 2.26. The molecule has 0 radical (unpaired) electrons. The molecule has 3 rings (SSSR count). The monoisotopic (exact) mass is 284 g/mol. The molecule has 1 saturated carbocycles. The Hall–Kier alpha value is -2.10. The molecule has 1 aliphatic rings. The first-order chi connectivity index (χ1) is 10.1. The summed E-state index contributed by atoms with van der Waals surface area (Å²) >= 11 is 0. The van der Waals surface area contributed by atoms with Crippen molar-refractivity contribution in [2.75, 3.05) is 0 Å². The quantitative estimate of drug-likeness (QED) is 0.858. The minimum Gasteiger partial charge on any atom is -0.352 e. The third-order valence-electron chi connectivity index (χ3n) is 4.00. The van der Waals surface area contributed by atoms with Crippen molar-refractivity contribution < 1.29 is 9.59 Å². The SMILES string of the molecule is CCc1cccc2c(C(C)=O)cn(CC(=O)NC3CC3)c12. The Morgan fingerprint density at radius 1 is 1.33 bits per heavy atom. The molecule has 0 atom stereocenters. The molecule has 4 heteroatoms. The highest BCUT2D eigenvalue weighted by molar-refractivity contribution is 6.07. The van der Waals surface area contributed by atoms with E-state index >= 15 is 0 Å². The second-order valence-corrected chi connectivity index (χ2v) is 5.74. The summed E-state index contributed by atoms with van der Waals surface area (Å²) in [6.45, 7) is 3.93. The molecule has 0 saturated heterocycles. The fourth-order valence-corrected chi connectivity index (χ4v) is 2.78. The highest BCUT2D eigenvalue weighted by atomic mass is 16.2. The largest absolute Gasteiger partial charge is 0.352 e. The van der Waals surface area contributed by atoms with Gasteiger partial charge in [0.25, 0.3) is 0 Å². The molecule has 1 N–H and O–H groups in total. The third-order valence-corrected chi connectivity index (χ3v) is 4.00.